The number of non-ortho nitro benzene ring substituents is 1. The lowest BCUT2D eigenvalue weighted by Gasteiger charge is -2.21. The highest BCUT2D eigenvalue weighted by Crippen LogP contribution is 2.22. The molecule has 21 heavy (non-hydrogen) atoms. The molecule has 2 rings (SSSR count). The molecule has 0 saturated carbocycles. The van der Waals surface area contributed by atoms with Crippen LogP contribution in [0.4, 0.5) is 11.4 Å². The maximum atomic E-state index is 12.1. The van der Waals surface area contributed by atoms with Gasteiger partial charge in [-0.3, -0.25) is 14.9 Å². The number of nitrogens with one attached hydrogen (secondary N) is 1. The third-order valence-electron chi connectivity index (χ3n) is 3.28. The normalized spacial score (nSPS) is 19.4. The van der Waals surface area contributed by atoms with Crippen molar-refractivity contribution in [2.45, 2.75) is 18.9 Å². The molecule has 1 aliphatic heterocycles. The molecular weight excluding hydrogens is 298 g/mol. The summed E-state index contributed by atoms with van der Waals surface area (Å²) in [6, 6.07) is 4.65. The maximum absolute atomic E-state index is 12.1. The summed E-state index contributed by atoms with van der Waals surface area (Å²) in [5.74, 6) is -0.424. The van der Waals surface area contributed by atoms with Crippen LogP contribution < -0.4 is 5.32 Å². The Morgan fingerprint density at radius 1 is 1.38 bits per heavy atom. The van der Waals surface area contributed by atoms with Gasteiger partial charge in [0, 0.05) is 24.4 Å². The number of carbonyl (C=O) groups excluding carboxylic acids is 1. The van der Waals surface area contributed by atoms with Crippen LogP contribution in [-0.4, -0.2) is 42.4 Å². The summed E-state index contributed by atoms with van der Waals surface area (Å²) in [5.41, 5.74) is 0.317. The Labute approximate surface area is 122 Å². The van der Waals surface area contributed by atoms with E-state index in [1.165, 1.54) is 28.6 Å². The summed E-state index contributed by atoms with van der Waals surface area (Å²) < 4.78 is 24.4. The number of hydrogen-bond acceptors (Lipinski definition) is 5. The standard InChI is InChI=1S/C12H15N3O5S/c1-21(19,20)14-8-2-3-11(14)12(16)13-9-4-6-10(7-5-9)15(17)18/h4-7,11H,2-3,8H2,1H3,(H,13,16). The zero-order chi connectivity index (χ0) is 15.6. The molecule has 0 spiro atoms. The van der Waals surface area contributed by atoms with E-state index in [-0.39, 0.29) is 5.69 Å². The van der Waals surface area contributed by atoms with Gasteiger partial charge in [-0.2, -0.15) is 4.31 Å². The molecule has 1 fully saturated rings. The lowest BCUT2D eigenvalue weighted by atomic mass is 10.2. The predicted molar refractivity (Wildman–Crippen MR) is 76.3 cm³/mol. The Balaban J connectivity index is 2.09. The molecule has 1 amide bonds. The minimum Gasteiger partial charge on any atom is -0.325 e. The molecule has 1 aromatic carbocycles. The number of benzene rings is 1. The Bertz CT molecular complexity index is 656. The van der Waals surface area contributed by atoms with Gasteiger partial charge in [0.15, 0.2) is 0 Å². The van der Waals surface area contributed by atoms with Crippen LogP contribution in [0.1, 0.15) is 12.8 Å². The number of amides is 1. The van der Waals surface area contributed by atoms with Gasteiger partial charge in [-0.1, -0.05) is 0 Å². The van der Waals surface area contributed by atoms with Crippen molar-refractivity contribution in [3.05, 3.63) is 34.4 Å². The average Bonchev–Trinajstić information content (AvgIpc) is 2.88. The Kier molecular flexibility index (Phi) is 4.24. The van der Waals surface area contributed by atoms with E-state index in [2.05, 4.69) is 5.32 Å². The van der Waals surface area contributed by atoms with Gasteiger partial charge in [-0.15, -0.1) is 0 Å². The molecule has 1 atom stereocenters. The highest BCUT2D eigenvalue weighted by Gasteiger charge is 2.36. The van der Waals surface area contributed by atoms with E-state index in [9.17, 15) is 23.3 Å². The fourth-order valence-corrected chi connectivity index (χ4v) is 3.42. The van der Waals surface area contributed by atoms with Crippen molar-refractivity contribution in [3.63, 3.8) is 0 Å². The third kappa shape index (κ3) is 3.56. The molecule has 1 unspecified atom stereocenters. The second kappa shape index (κ2) is 5.78. The van der Waals surface area contributed by atoms with E-state index in [1.807, 2.05) is 0 Å². The van der Waals surface area contributed by atoms with Gasteiger partial charge in [-0.25, -0.2) is 8.42 Å². The Morgan fingerprint density at radius 3 is 2.52 bits per heavy atom. The topological polar surface area (TPSA) is 110 Å². The molecule has 1 aliphatic rings. The summed E-state index contributed by atoms with van der Waals surface area (Å²) in [7, 11) is -3.42. The van der Waals surface area contributed by atoms with E-state index in [4.69, 9.17) is 0 Å². The number of nitro benzene ring substituents is 1. The lowest BCUT2D eigenvalue weighted by Crippen LogP contribution is -2.42. The van der Waals surface area contributed by atoms with Crippen LogP contribution in [0.5, 0.6) is 0 Å². The molecule has 9 heteroatoms. The van der Waals surface area contributed by atoms with E-state index in [0.717, 1.165) is 6.26 Å². The summed E-state index contributed by atoms with van der Waals surface area (Å²) in [6.07, 6.45) is 2.17. The van der Waals surface area contributed by atoms with Crippen molar-refractivity contribution in [1.82, 2.24) is 4.31 Å². The quantitative estimate of drug-likeness (QED) is 0.657. The number of carbonyl (C=O) groups is 1. The molecule has 0 aromatic heterocycles. The minimum absolute atomic E-state index is 0.0772. The fourth-order valence-electron chi connectivity index (χ4n) is 2.29. The average molecular weight is 313 g/mol. The first-order valence-corrected chi connectivity index (χ1v) is 8.16. The maximum Gasteiger partial charge on any atom is 0.269 e. The number of sulfonamides is 1. The summed E-state index contributed by atoms with van der Waals surface area (Å²) in [5, 5.41) is 13.1. The van der Waals surface area contributed by atoms with Crippen molar-refractivity contribution in [3.8, 4) is 0 Å². The van der Waals surface area contributed by atoms with Gasteiger partial charge in [0.05, 0.1) is 11.2 Å². The molecule has 8 nitrogen and oxygen atoms in total. The van der Waals surface area contributed by atoms with E-state index < -0.39 is 26.9 Å². The van der Waals surface area contributed by atoms with Gasteiger partial charge >= 0.3 is 0 Å². The Hall–Kier alpha value is -2.00. The van der Waals surface area contributed by atoms with Gasteiger partial charge in [0.25, 0.3) is 5.69 Å². The fraction of sp³-hybridized carbons (Fsp3) is 0.417. The van der Waals surface area contributed by atoms with Crippen LogP contribution in [0, 0.1) is 10.1 Å². The van der Waals surface area contributed by atoms with Gasteiger partial charge in [0.2, 0.25) is 15.9 Å². The van der Waals surface area contributed by atoms with Crippen molar-refractivity contribution in [1.29, 1.82) is 0 Å². The number of nitro groups is 1. The second-order valence-corrected chi connectivity index (χ2v) is 6.76. The molecule has 0 radical (unpaired) electrons. The van der Waals surface area contributed by atoms with E-state index in [0.29, 0.717) is 25.1 Å². The van der Waals surface area contributed by atoms with Crippen molar-refractivity contribution in [2.75, 3.05) is 18.1 Å². The number of anilines is 1. The summed E-state index contributed by atoms with van der Waals surface area (Å²) >= 11 is 0. The molecule has 114 valence electrons. The van der Waals surface area contributed by atoms with Crippen LogP contribution in [0.25, 0.3) is 0 Å². The molecule has 1 aromatic rings. The number of hydrogen-bond donors (Lipinski definition) is 1. The molecule has 1 heterocycles. The highest BCUT2D eigenvalue weighted by atomic mass is 32.2. The van der Waals surface area contributed by atoms with Crippen LogP contribution in [0.3, 0.4) is 0 Å². The number of rotatable bonds is 4. The minimum atomic E-state index is -3.42. The van der Waals surface area contributed by atoms with E-state index >= 15 is 0 Å². The van der Waals surface area contributed by atoms with Crippen molar-refractivity contribution >= 4 is 27.3 Å². The van der Waals surface area contributed by atoms with Crippen LogP contribution in [-0.2, 0) is 14.8 Å². The van der Waals surface area contributed by atoms with Crippen LogP contribution >= 0.6 is 0 Å². The Morgan fingerprint density at radius 2 is 2.00 bits per heavy atom. The first-order chi connectivity index (χ1) is 9.79. The largest absolute Gasteiger partial charge is 0.325 e. The zero-order valence-corrected chi connectivity index (χ0v) is 12.2. The highest BCUT2D eigenvalue weighted by molar-refractivity contribution is 7.88. The first-order valence-electron chi connectivity index (χ1n) is 6.31. The van der Waals surface area contributed by atoms with Crippen molar-refractivity contribution in [2.24, 2.45) is 0 Å². The van der Waals surface area contributed by atoms with Crippen molar-refractivity contribution < 1.29 is 18.1 Å². The molecule has 1 saturated heterocycles. The first kappa shape index (κ1) is 15.4. The molecule has 0 aliphatic carbocycles. The monoisotopic (exact) mass is 313 g/mol. The SMILES string of the molecule is CS(=O)(=O)N1CCCC1C(=O)Nc1ccc([N+](=O)[O-])cc1. The molecule has 0 bridgehead atoms. The summed E-state index contributed by atoms with van der Waals surface area (Å²) in [4.78, 5) is 22.1. The van der Waals surface area contributed by atoms with Gasteiger partial charge in [0.1, 0.15) is 6.04 Å². The molecular formula is C12H15N3O5S. The second-order valence-electron chi connectivity index (χ2n) is 4.82. The smallest absolute Gasteiger partial charge is 0.269 e. The van der Waals surface area contributed by atoms with Crippen LogP contribution in [0.15, 0.2) is 24.3 Å². The zero-order valence-electron chi connectivity index (χ0n) is 11.4. The van der Waals surface area contributed by atoms with Gasteiger partial charge in [-0.05, 0) is 25.0 Å². The molecule has 1 N–H and O–H groups in total. The van der Waals surface area contributed by atoms with Gasteiger partial charge < -0.3 is 5.32 Å². The lowest BCUT2D eigenvalue weighted by molar-refractivity contribution is -0.384. The summed E-state index contributed by atoms with van der Waals surface area (Å²) in [6.45, 7) is 0.331. The van der Waals surface area contributed by atoms with Crippen LogP contribution in [0.2, 0.25) is 0 Å². The van der Waals surface area contributed by atoms with E-state index in [1.54, 1.807) is 0 Å². The predicted octanol–water partition coefficient (Wildman–Crippen LogP) is 0.957. The third-order valence-corrected chi connectivity index (χ3v) is 4.57. The number of nitrogens with zero attached hydrogens (tertiary/aromatic N) is 2.